The van der Waals surface area contributed by atoms with Crippen molar-refractivity contribution in [3.63, 3.8) is 0 Å². The number of hydrogen-bond acceptors (Lipinski definition) is 5. The normalized spacial score (nSPS) is 11.6. The van der Waals surface area contributed by atoms with Gasteiger partial charge in [0, 0.05) is 0 Å². The maximum atomic E-state index is 12.7. The third-order valence-electron chi connectivity index (χ3n) is 3.10. The number of hydrogen-bond donors (Lipinski definition) is 1. The van der Waals surface area contributed by atoms with Gasteiger partial charge in [0.2, 0.25) is 5.88 Å². The topological polar surface area (TPSA) is 68.7 Å². The van der Waals surface area contributed by atoms with Gasteiger partial charge in [-0.25, -0.2) is 18.6 Å². The Kier molecular flexibility index (Phi) is 5.86. The summed E-state index contributed by atoms with van der Waals surface area (Å²) >= 11 is 0.870. The fraction of sp³-hybridized carbons (Fsp3) is 0.250. The summed E-state index contributed by atoms with van der Waals surface area (Å²) < 4.78 is 35.7. The Morgan fingerprint density at radius 2 is 2.12 bits per heavy atom. The number of thiazole rings is 1. The number of nitrogens with zero attached hydrogens (tertiary/aromatic N) is 1. The van der Waals surface area contributed by atoms with Crippen LogP contribution in [0.3, 0.4) is 0 Å². The molecular formula is C16H15F2NO4S. The lowest BCUT2D eigenvalue weighted by Crippen LogP contribution is -2.06. The van der Waals surface area contributed by atoms with Crippen molar-refractivity contribution in [1.29, 1.82) is 0 Å². The van der Waals surface area contributed by atoms with Crippen molar-refractivity contribution in [2.45, 2.75) is 20.0 Å². The van der Waals surface area contributed by atoms with Crippen LogP contribution in [-0.4, -0.2) is 23.2 Å². The van der Waals surface area contributed by atoms with Crippen LogP contribution in [0.2, 0.25) is 0 Å². The first-order valence-electron chi connectivity index (χ1n) is 6.86. The minimum absolute atomic E-state index is 0.00222. The highest BCUT2D eigenvalue weighted by Gasteiger charge is 2.18. The van der Waals surface area contributed by atoms with Gasteiger partial charge in [0.1, 0.15) is 12.2 Å². The van der Waals surface area contributed by atoms with Crippen molar-refractivity contribution in [3.05, 3.63) is 51.5 Å². The smallest absolute Gasteiger partial charge is 0.339 e. The number of carbonyl (C=O) groups is 1. The minimum atomic E-state index is -2.65. The van der Waals surface area contributed by atoms with Crippen molar-refractivity contribution in [2.24, 2.45) is 0 Å². The van der Waals surface area contributed by atoms with Gasteiger partial charge < -0.3 is 14.6 Å². The molecule has 1 aromatic carbocycles. The number of carboxylic acids is 1. The molecule has 5 nitrogen and oxygen atoms in total. The van der Waals surface area contributed by atoms with Crippen LogP contribution in [0.4, 0.5) is 8.78 Å². The first-order chi connectivity index (χ1) is 11.4. The summed E-state index contributed by atoms with van der Waals surface area (Å²) in [5.74, 6) is -1.02. The molecule has 0 radical (unpaired) electrons. The van der Waals surface area contributed by atoms with E-state index >= 15 is 0 Å². The summed E-state index contributed by atoms with van der Waals surface area (Å²) in [5, 5.41) is 8.99. The van der Waals surface area contributed by atoms with Crippen LogP contribution < -0.4 is 4.74 Å². The van der Waals surface area contributed by atoms with E-state index in [1.54, 1.807) is 31.2 Å². The second-order valence-electron chi connectivity index (χ2n) is 4.73. The van der Waals surface area contributed by atoms with E-state index in [0.29, 0.717) is 16.0 Å². The van der Waals surface area contributed by atoms with Crippen LogP contribution in [0.15, 0.2) is 30.5 Å². The Labute approximate surface area is 141 Å². The molecule has 0 fully saturated rings. The number of halogens is 2. The van der Waals surface area contributed by atoms with Crippen LogP contribution in [0, 0.1) is 6.92 Å². The molecule has 1 heterocycles. The van der Waals surface area contributed by atoms with Crippen LogP contribution in [-0.2, 0) is 16.1 Å². The summed E-state index contributed by atoms with van der Waals surface area (Å²) in [6.07, 6.45) is -1.52. The van der Waals surface area contributed by atoms with Crippen LogP contribution in [0.25, 0.3) is 5.57 Å². The Morgan fingerprint density at radius 1 is 1.42 bits per heavy atom. The average Bonchev–Trinajstić information content (AvgIpc) is 2.92. The van der Waals surface area contributed by atoms with Gasteiger partial charge >= 0.3 is 5.97 Å². The van der Waals surface area contributed by atoms with Crippen LogP contribution >= 0.6 is 11.3 Å². The van der Waals surface area contributed by atoms with Gasteiger partial charge in [0.25, 0.3) is 6.43 Å². The van der Waals surface area contributed by atoms with Crippen molar-refractivity contribution < 1.29 is 28.2 Å². The fourth-order valence-corrected chi connectivity index (χ4v) is 2.75. The highest BCUT2D eigenvalue weighted by atomic mass is 32.1. The number of aromatic nitrogens is 1. The van der Waals surface area contributed by atoms with E-state index < -0.39 is 12.4 Å². The Morgan fingerprint density at radius 3 is 2.71 bits per heavy atom. The van der Waals surface area contributed by atoms with Crippen molar-refractivity contribution in [2.75, 3.05) is 7.11 Å². The first-order valence-corrected chi connectivity index (χ1v) is 7.68. The molecule has 0 atom stereocenters. The van der Waals surface area contributed by atoms with E-state index in [-0.39, 0.29) is 23.1 Å². The lowest BCUT2D eigenvalue weighted by atomic mass is 10.0. The van der Waals surface area contributed by atoms with Crippen molar-refractivity contribution in [3.8, 4) is 5.88 Å². The highest BCUT2D eigenvalue weighted by molar-refractivity contribution is 7.11. The molecule has 128 valence electrons. The lowest BCUT2D eigenvalue weighted by Gasteiger charge is -2.11. The van der Waals surface area contributed by atoms with Gasteiger partial charge in [-0.15, -0.1) is 11.3 Å². The molecule has 0 saturated heterocycles. The molecule has 0 aliphatic carbocycles. The molecule has 0 amide bonds. The third-order valence-corrected chi connectivity index (χ3v) is 4.05. The van der Waals surface area contributed by atoms with Gasteiger partial charge in [0.15, 0.2) is 5.01 Å². The zero-order chi connectivity index (χ0) is 17.7. The molecule has 8 heteroatoms. The number of ether oxygens (including phenoxy) is 2. The number of alkyl halides is 2. The Hall–Kier alpha value is -2.48. The van der Waals surface area contributed by atoms with Crippen LogP contribution in [0.1, 0.15) is 27.4 Å². The van der Waals surface area contributed by atoms with E-state index in [1.165, 1.54) is 7.11 Å². The number of rotatable bonds is 7. The van der Waals surface area contributed by atoms with Gasteiger partial charge in [-0.1, -0.05) is 24.3 Å². The molecule has 0 spiro atoms. The van der Waals surface area contributed by atoms with Crippen molar-refractivity contribution >= 4 is 22.9 Å². The second kappa shape index (κ2) is 7.87. The number of methoxy groups -OCH3 is 1. The molecule has 1 aromatic heterocycles. The largest absolute Gasteiger partial charge is 0.503 e. The van der Waals surface area contributed by atoms with Gasteiger partial charge in [-0.3, -0.25) is 0 Å². The summed E-state index contributed by atoms with van der Waals surface area (Å²) in [7, 11) is 1.35. The van der Waals surface area contributed by atoms with E-state index in [1.807, 2.05) is 0 Å². The molecule has 0 unspecified atom stereocenters. The molecule has 24 heavy (non-hydrogen) atoms. The molecule has 2 rings (SSSR count). The molecule has 0 aliphatic heterocycles. The van der Waals surface area contributed by atoms with Gasteiger partial charge in [-0.2, -0.15) is 0 Å². The molecule has 0 aliphatic rings. The van der Waals surface area contributed by atoms with E-state index in [2.05, 4.69) is 4.98 Å². The third kappa shape index (κ3) is 4.08. The van der Waals surface area contributed by atoms with E-state index in [4.69, 9.17) is 9.47 Å². The Balaban J connectivity index is 2.25. The van der Waals surface area contributed by atoms with Gasteiger partial charge in [-0.05, 0) is 18.1 Å². The number of aliphatic carboxylic acids is 1. The summed E-state index contributed by atoms with van der Waals surface area (Å²) in [6.45, 7) is 1.63. The predicted molar refractivity (Wildman–Crippen MR) is 85.2 cm³/mol. The quantitative estimate of drug-likeness (QED) is 0.600. The minimum Gasteiger partial charge on any atom is -0.503 e. The SMILES string of the molecule is COC=C(C(=O)O)c1ccccc1COc1nc(C(F)F)sc1C. The molecule has 2 aromatic rings. The summed E-state index contributed by atoms with van der Waals surface area (Å²) in [6, 6.07) is 6.73. The maximum absolute atomic E-state index is 12.7. The second-order valence-corrected chi connectivity index (χ2v) is 5.97. The standard InChI is InChI=1S/C16H15F2NO4S/c1-9-14(19-15(24-9)13(17)18)23-7-10-5-3-4-6-11(10)12(8-22-2)16(20)21/h3-6,8,13H,7H2,1-2H3,(H,20,21). The molecule has 0 bridgehead atoms. The summed E-state index contributed by atoms with van der Waals surface area (Å²) in [4.78, 5) is 15.7. The average molecular weight is 355 g/mol. The van der Waals surface area contributed by atoms with E-state index in [9.17, 15) is 18.7 Å². The number of benzene rings is 1. The summed E-state index contributed by atoms with van der Waals surface area (Å²) in [5.41, 5.74) is 0.975. The molecule has 1 N–H and O–H groups in total. The van der Waals surface area contributed by atoms with Crippen molar-refractivity contribution in [1.82, 2.24) is 4.98 Å². The first kappa shape index (κ1) is 17.9. The predicted octanol–water partition coefficient (Wildman–Crippen LogP) is 4.04. The maximum Gasteiger partial charge on any atom is 0.339 e. The zero-order valence-corrected chi connectivity index (χ0v) is 13.8. The van der Waals surface area contributed by atoms with Crippen LogP contribution in [0.5, 0.6) is 5.88 Å². The Bertz CT molecular complexity index is 758. The van der Waals surface area contributed by atoms with E-state index in [0.717, 1.165) is 17.6 Å². The fourth-order valence-electron chi connectivity index (χ4n) is 2.03. The number of aryl methyl sites for hydroxylation is 1. The zero-order valence-electron chi connectivity index (χ0n) is 13.0. The molecule has 0 saturated carbocycles. The monoisotopic (exact) mass is 355 g/mol. The lowest BCUT2D eigenvalue weighted by molar-refractivity contribution is -0.130. The van der Waals surface area contributed by atoms with Gasteiger partial charge in [0.05, 0.1) is 18.2 Å². The molecular weight excluding hydrogens is 340 g/mol. The number of carboxylic acid groups (broad SMARTS) is 1. The highest BCUT2D eigenvalue weighted by Crippen LogP contribution is 2.31.